The highest BCUT2D eigenvalue weighted by Gasteiger charge is 2.22. The minimum atomic E-state index is -0.112. The van der Waals surface area contributed by atoms with E-state index in [0.717, 1.165) is 25.0 Å². The van der Waals surface area contributed by atoms with Crippen LogP contribution >= 0.6 is 0 Å². The standard InChI is InChI=1S/C12H22N4O/c1-5-7-8(3)16(4)12(17)11-10(13)9(6-2)14-15-11/h8H,5-7,13H2,1-4H3,(H,14,15). The Hall–Kier alpha value is -1.52. The number of aromatic nitrogens is 2. The number of carbonyl (C=O) groups excluding carboxylic acids is 1. The van der Waals surface area contributed by atoms with Crippen molar-refractivity contribution in [3.05, 3.63) is 11.4 Å². The third kappa shape index (κ3) is 2.78. The molecule has 0 aliphatic carbocycles. The Balaban J connectivity index is 2.85. The molecule has 5 heteroatoms. The fourth-order valence-corrected chi connectivity index (χ4v) is 1.80. The number of rotatable bonds is 5. The summed E-state index contributed by atoms with van der Waals surface area (Å²) in [5.41, 5.74) is 7.53. The number of carbonyl (C=O) groups is 1. The van der Waals surface area contributed by atoms with Gasteiger partial charge in [0, 0.05) is 13.1 Å². The van der Waals surface area contributed by atoms with Gasteiger partial charge in [-0.1, -0.05) is 20.3 Å². The predicted octanol–water partition coefficient (Wildman–Crippen LogP) is 1.81. The lowest BCUT2D eigenvalue weighted by atomic mass is 10.1. The molecule has 1 aromatic rings. The maximum atomic E-state index is 12.2. The van der Waals surface area contributed by atoms with E-state index >= 15 is 0 Å². The SMILES string of the molecule is CCCC(C)N(C)C(=O)c1n[nH]c(CC)c1N. The van der Waals surface area contributed by atoms with Crippen LogP contribution in [0.25, 0.3) is 0 Å². The molecule has 96 valence electrons. The number of anilines is 1. The van der Waals surface area contributed by atoms with Crippen LogP contribution < -0.4 is 5.73 Å². The Kier molecular flexibility index (Phi) is 4.54. The first kappa shape index (κ1) is 13.5. The first-order valence-corrected chi connectivity index (χ1v) is 6.12. The lowest BCUT2D eigenvalue weighted by Gasteiger charge is -2.23. The molecule has 0 aromatic carbocycles. The molecule has 0 radical (unpaired) electrons. The highest BCUT2D eigenvalue weighted by molar-refractivity contribution is 5.97. The van der Waals surface area contributed by atoms with Crippen LogP contribution in [0.5, 0.6) is 0 Å². The van der Waals surface area contributed by atoms with Crippen LogP contribution in [0.1, 0.15) is 49.8 Å². The minimum absolute atomic E-state index is 0.112. The van der Waals surface area contributed by atoms with Crippen molar-refractivity contribution in [1.82, 2.24) is 15.1 Å². The van der Waals surface area contributed by atoms with Gasteiger partial charge in [0.05, 0.1) is 11.4 Å². The van der Waals surface area contributed by atoms with E-state index in [9.17, 15) is 4.79 Å². The van der Waals surface area contributed by atoms with Gasteiger partial charge >= 0.3 is 0 Å². The van der Waals surface area contributed by atoms with Crippen LogP contribution in [0.3, 0.4) is 0 Å². The fraction of sp³-hybridized carbons (Fsp3) is 0.667. The van der Waals surface area contributed by atoms with Gasteiger partial charge in [0.1, 0.15) is 0 Å². The zero-order valence-electron chi connectivity index (χ0n) is 11.1. The van der Waals surface area contributed by atoms with Gasteiger partial charge in [-0.3, -0.25) is 9.89 Å². The highest BCUT2D eigenvalue weighted by atomic mass is 16.2. The van der Waals surface area contributed by atoms with Crippen molar-refractivity contribution in [2.75, 3.05) is 12.8 Å². The molecule has 1 atom stereocenters. The normalized spacial score (nSPS) is 12.5. The largest absolute Gasteiger partial charge is 0.395 e. The van der Waals surface area contributed by atoms with Crippen LogP contribution in [0.15, 0.2) is 0 Å². The quantitative estimate of drug-likeness (QED) is 0.821. The predicted molar refractivity (Wildman–Crippen MR) is 68.8 cm³/mol. The second kappa shape index (κ2) is 5.70. The number of hydrogen-bond donors (Lipinski definition) is 2. The lowest BCUT2D eigenvalue weighted by Crippen LogP contribution is -2.35. The molecule has 0 saturated carbocycles. The van der Waals surface area contributed by atoms with Crippen molar-refractivity contribution < 1.29 is 4.79 Å². The summed E-state index contributed by atoms with van der Waals surface area (Å²) < 4.78 is 0. The lowest BCUT2D eigenvalue weighted by molar-refractivity contribution is 0.0732. The van der Waals surface area contributed by atoms with E-state index in [1.165, 1.54) is 0 Å². The third-order valence-electron chi connectivity index (χ3n) is 3.13. The van der Waals surface area contributed by atoms with Gasteiger partial charge in [-0.2, -0.15) is 5.10 Å². The van der Waals surface area contributed by atoms with Gasteiger partial charge in [-0.15, -0.1) is 0 Å². The summed E-state index contributed by atoms with van der Waals surface area (Å²) in [6, 6.07) is 0.202. The van der Waals surface area contributed by atoms with Crippen LogP contribution in [-0.4, -0.2) is 34.1 Å². The summed E-state index contributed by atoms with van der Waals surface area (Å²) >= 11 is 0. The zero-order chi connectivity index (χ0) is 13.0. The van der Waals surface area contributed by atoms with Crippen molar-refractivity contribution >= 4 is 11.6 Å². The molecule has 0 fully saturated rings. The Morgan fingerprint density at radius 1 is 1.53 bits per heavy atom. The van der Waals surface area contributed by atoms with Gasteiger partial charge in [0.15, 0.2) is 5.69 Å². The molecule has 5 nitrogen and oxygen atoms in total. The third-order valence-corrected chi connectivity index (χ3v) is 3.13. The number of amides is 1. The van der Waals surface area contributed by atoms with Crippen molar-refractivity contribution in [1.29, 1.82) is 0 Å². The number of H-pyrrole nitrogens is 1. The van der Waals surface area contributed by atoms with Gasteiger partial charge in [-0.05, 0) is 19.8 Å². The van der Waals surface area contributed by atoms with Gasteiger partial charge in [0.25, 0.3) is 5.91 Å². The molecule has 0 aliphatic heterocycles. The topological polar surface area (TPSA) is 75.0 Å². The van der Waals surface area contributed by atoms with Gasteiger partial charge in [-0.25, -0.2) is 0 Å². The molecule has 1 rings (SSSR count). The number of nitrogens with one attached hydrogen (secondary N) is 1. The van der Waals surface area contributed by atoms with Crippen LogP contribution in [0.4, 0.5) is 5.69 Å². The van der Waals surface area contributed by atoms with E-state index in [2.05, 4.69) is 17.1 Å². The van der Waals surface area contributed by atoms with E-state index in [4.69, 9.17) is 5.73 Å². The Morgan fingerprint density at radius 3 is 2.65 bits per heavy atom. The molecule has 1 aromatic heterocycles. The number of nitrogens with two attached hydrogens (primary N) is 1. The smallest absolute Gasteiger partial charge is 0.276 e. The number of hydrogen-bond acceptors (Lipinski definition) is 3. The van der Waals surface area contributed by atoms with Crippen molar-refractivity contribution in [2.45, 2.75) is 46.1 Å². The Morgan fingerprint density at radius 2 is 2.18 bits per heavy atom. The molecular weight excluding hydrogens is 216 g/mol. The summed E-state index contributed by atoms with van der Waals surface area (Å²) in [7, 11) is 1.79. The van der Waals surface area contributed by atoms with Crippen molar-refractivity contribution in [3.63, 3.8) is 0 Å². The maximum absolute atomic E-state index is 12.2. The number of nitrogens with zero attached hydrogens (tertiary/aromatic N) is 2. The first-order chi connectivity index (χ1) is 8.02. The average Bonchev–Trinajstić information content (AvgIpc) is 2.68. The van der Waals surface area contributed by atoms with E-state index < -0.39 is 0 Å². The number of aryl methyl sites for hydroxylation is 1. The van der Waals surface area contributed by atoms with E-state index in [1.54, 1.807) is 11.9 Å². The summed E-state index contributed by atoms with van der Waals surface area (Å²) in [5, 5.41) is 6.82. The summed E-state index contributed by atoms with van der Waals surface area (Å²) in [5.74, 6) is -0.112. The van der Waals surface area contributed by atoms with Crippen LogP contribution in [0.2, 0.25) is 0 Å². The monoisotopic (exact) mass is 238 g/mol. The second-order valence-electron chi connectivity index (χ2n) is 4.37. The van der Waals surface area contributed by atoms with Crippen molar-refractivity contribution in [2.24, 2.45) is 0 Å². The Labute approximate surface area is 102 Å². The Bertz CT molecular complexity index is 386. The summed E-state index contributed by atoms with van der Waals surface area (Å²) in [4.78, 5) is 13.9. The number of aromatic amines is 1. The molecule has 1 amide bonds. The molecule has 1 unspecified atom stereocenters. The molecule has 0 aliphatic rings. The summed E-state index contributed by atoms with van der Waals surface area (Å²) in [6.45, 7) is 6.11. The molecule has 1 heterocycles. The molecule has 0 saturated heterocycles. The van der Waals surface area contributed by atoms with E-state index in [0.29, 0.717) is 11.4 Å². The first-order valence-electron chi connectivity index (χ1n) is 6.12. The molecule has 3 N–H and O–H groups in total. The van der Waals surface area contributed by atoms with E-state index in [-0.39, 0.29) is 11.9 Å². The van der Waals surface area contributed by atoms with Gasteiger partial charge < -0.3 is 10.6 Å². The van der Waals surface area contributed by atoms with Crippen LogP contribution in [-0.2, 0) is 6.42 Å². The zero-order valence-corrected chi connectivity index (χ0v) is 11.1. The van der Waals surface area contributed by atoms with Crippen molar-refractivity contribution in [3.8, 4) is 0 Å². The highest BCUT2D eigenvalue weighted by Crippen LogP contribution is 2.17. The molecule has 17 heavy (non-hydrogen) atoms. The molecular formula is C12H22N4O. The molecule has 0 spiro atoms. The van der Waals surface area contributed by atoms with Crippen LogP contribution in [0, 0.1) is 0 Å². The maximum Gasteiger partial charge on any atom is 0.276 e. The average molecular weight is 238 g/mol. The fourth-order valence-electron chi connectivity index (χ4n) is 1.80. The minimum Gasteiger partial charge on any atom is -0.395 e. The molecule has 0 bridgehead atoms. The van der Waals surface area contributed by atoms with E-state index in [1.807, 2.05) is 13.8 Å². The second-order valence-corrected chi connectivity index (χ2v) is 4.37. The number of nitrogen functional groups attached to an aromatic ring is 1. The van der Waals surface area contributed by atoms with Gasteiger partial charge in [0.2, 0.25) is 0 Å². The summed E-state index contributed by atoms with van der Waals surface area (Å²) in [6.07, 6.45) is 2.78.